The summed E-state index contributed by atoms with van der Waals surface area (Å²) in [7, 11) is 3.50. The van der Waals surface area contributed by atoms with Crippen molar-refractivity contribution in [1.29, 1.82) is 0 Å². The SMILES string of the molecule is CC1CCCCC1Nc1ccc(C(=O)N(C)C)cn1. The zero-order valence-corrected chi connectivity index (χ0v) is 12.0. The number of nitrogens with zero attached hydrogens (tertiary/aromatic N) is 2. The summed E-state index contributed by atoms with van der Waals surface area (Å²) >= 11 is 0. The van der Waals surface area contributed by atoms with Crippen LogP contribution in [0, 0.1) is 5.92 Å². The number of hydrogen-bond donors (Lipinski definition) is 1. The molecule has 2 unspecified atom stereocenters. The fraction of sp³-hybridized carbons (Fsp3) is 0.600. The van der Waals surface area contributed by atoms with Crippen LogP contribution in [0.15, 0.2) is 18.3 Å². The number of carbonyl (C=O) groups excluding carboxylic acids is 1. The average Bonchev–Trinajstić information content (AvgIpc) is 2.41. The second kappa shape index (κ2) is 6.04. The largest absolute Gasteiger partial charge is 0.367 e. The molecule has 1 fully saturated rings. The van der Waals surface area contributed by atoms with Crippen LogP contribution in [0.5, 0.6) is 0 Å². The van der Waals surface area contributed by atoms with Crippen LogP contribution in [0.4, 0.5) is 5.82 Å². The molecule has 0 aliphatic heterocycles. The van der Waals surface area contributed by atoms with Crippen LogP contribution in [-0.2, 0) is 0 Å². The molecule has 4 nitrogen and oxygen atoms in total. The lowest BCUT2D eigenvalue weighted by Crippen LogP contribution is -2.30. The summed E-state index contributed by atoms with van der Waals surface area (Å²) in [6.45, 7) is 2.29. The van der Waals surface area contributed by atoms with E-state index in [-0.39, 0.29) is 5.91 Å². The van der Waals surface area contributed by atoms with Crippen molar-refractivity contribution < 1.29 is 4.79 Å². The molecule has 1 aliphatic rings. The third kappa shape index (κ3) is 3.46. The van der Waals surface area contributed by atoms with Crippen LogP contribution >= 0.6 is 0 Å². The monoisotopic (exact) mass is 261 g/mol. The third-order valence-electron chi connectivity index (χ3n) is 3.86. The first kappa shape index (κ1) is 13.8. The van der Waals surface area contributed by atoms with Gasteiger partial charge in [-0.1, -0.05) is 19.8 Å². The minimum Gasteiger partial charge on any atom is -0.367 e. The van der Waals surface area contributed by atoms with Crippen LogP contribution in [-0.4, -0.2) is 35.9 Å². The molecule has 2 atom stereocenters. The van der Waals surface area contributed by atoms with E-state index in [4.69, 9.17) is 0 Å². The molecule has 0 radical (unpaired) electrons. The molecule has 104 valence electrons. The van der Waals surface area contributed by atoms with Gasteiger partial charge in [0, 0.05) is 26.3 Å². The summed E-state index contributed by atoms with van der Waals surface area (Å²) in [6.07, 6.45) is 6.77. The first-order chi connectivity index (χ1) is 9.08. The topological polar surface area (TPSA) is 45.2 Å². The predicted octanol–water partition coefficient (Wildman–Crippen LogP) is 2.77. The minimum atomic E-state index is -0.00918. The van der Waals surface area contributed by atoms with Gasteiger partial charge >= 0.3 is 0 Å². The van der Waals surface area contributed by atoms with E-state index >= 15 is 0 Å². The summed E-state index contributed by atoms with van der Waals surface area (Å²) in [6, 6.07) is 4.25. The maximum Gasteiger partial charge on any atom is 0.254 e. The van der Waals surface area contributed by atoms with Crippen molar-refractivity contribution in [3.63, 3.8) is 0 Å². The molecule has 1 heterocycles. The fourth-order valence-electron chi connectivity index (χ4n) is 2.58. The molecule has 1 aromatic heterocycles. The van der Waals surface area contributed by atoms with E-state index in [2.05, 4.69) is 17.2 Å². The fourth-order valence-corrected chi connectivity index (χ4v) is 2.58. The molecule has 1 aromatic rings. The van der Waals surface area contributed by atoms with E-state index in [0.717, 1.165) is 5.82 Å². The molecule has 19 heavy (non-hydrogen) atoms. The van der Waals surface area contributed by atoms with Crippen molar-refractivity contribution in [3.8, 4) is 0 Å². The Morgan fingerprint density at radius 2 is 2.05 bits per heavy atom. The molecule has 4 heteroatoms. The molecule has 1 aliphatic carbocycles. The molecule has 0 bridgehead atoms. The standard InChI is InChI=1S/C15H23N3O/c1-11-6-4-5-7-13(11)17-14-9-8-12(10-16-14)15(19)18(2)3/h8-11,13H,4-7H2,1-3H3,(H,16,17). The minimum absolute atomic E-state index is 0.00918. The van der Waals surface area contributed by atoms with Crippen molar-refractivity contribution in [2.24, 2.45) is 5.92 Å². The van der Waals surface area contributed by atoms with Crippen LogP contribution in [0.1, 0.15) is 43.0 Å². The number of hydrogen-bond acceptors (Lipinski definition) is 3. The van der Waals surface area contributed by atoms with Crippen molar-refractivity contribution in [1.82, 2.24) is 9.88 Å². The maximum atomic E-state index is 11.8. The summed E-state index contributed by atoms with van der Waals surface area (Å²) in [5.41, 5.74) is 0.632. The van der Waals surface area contributed by atoms with Crippen molar-refractivity contribution >= 4 is 11.7 Å². The molecule has 1 N–H and O–H groups in total. The second-order valence-corrected chi connectivity index (χ2v) is 5.64. The van der Waals surface area contributed by atoms with E-state index in [1.165, 1.54) is 25.7 Å². The van der Waals surface area contributed by atoms with Crippen LogP contribution in [0.25, 0.3) is 0 Å². The van der Waals surface area contributed by atoms with Gasteiger partial charge < -0.3 is 10.2 Å². The Bertz CT molecular complexity index is 428. The lowest BCUT2D eigenvalue weighted by Gasteiger charge is -2.29. The number of amides is 1. The predicted molar refractivity (Wildman–Crippen MR) is 77.3 cm³/mol. The highest BCUT2D eigenvalue weighted by molar-refractivity contribution is 5.93. The zero-order valence-electron chi connectivity index (χ0n) is 12.0. The Hall–Kier alpha value is -1.58. The number of rotatable bonds is 3. The van der Waals surface area contributed by atoms with Gasteiger partial charge in [-0.15, -0.1) is 0 Å². The van der Waals surface area contributed by atoms with Gasteiger partial charge in [-0.2, -0.15) is 0 Å². The van der Waals surface area contributed by atoms with Gasteiger partial charge in [0.1, 0.15) is 5.82 Å². The molecular weight excluding hydrogens is 238 g/mol. The Labute approximate surface area is 115 Å². The molecule has 0 spiro atoms. The zero-order chi connectivity index (χ0) is 13.8. The molecule has 0 aromatic carbocycles. The first-order valence-electron chi connectivity index (χ1n) is 7.02. The number of pyridine rings is 1. The van der Waals surface area contributed by atoms with Gasteiger partial charge in [0.05, 0.1) is 5.56 Å². The van der Waals surface area contributed by atoms with E-state index in [1.54, 1.807) is 25.2 Å². The Morgan fingerprint density at radius 3 is 2.63 bits per heavy atom. The van der Waals surface area contributed by atoms with Crippen LogP contribution in [0.2, 0.25) is 0 Å². The Balaban J connectivity index is 2.00. The van der Waals surface area contributed by atoms with E-state index in [1.807, 2.05) is 12.1 Å². The summed E-state index contributed by atoms with van der Waals surface area (Å²) in [4.78, 5) is 17.7. The van der Waals surface area contributed by atoms with Gasteiger partial charge in [0.25, 0.3) is 5.91 Å². The highest BCUT2D eigenvalue weighted by Crippen LogP contribution is 2.26. The molecule has 2 rings (SSSR count). The van der Waals surface area contributed by atoms with Crippen LogP contribution in [0.3, 0.4) is 0 Å². The highest BCUT2D eigenvalue weighted by atomic mass is 16.2. The Kier molecular flexibility index (Phi) is 4.40. The van der Waals surface area contributed by atoms with E-state index in [0.29, 0.717) is 17.5 Å². The van der Waals surface area contributed by atoms with Crippen molar-refractivity contribution in [3.05, 3.63) is 23.9 Å². The van der Waals surface area contributed by atoms with E-state index < -0.39 is 0 Å². The molecular formula is C15H23N3O. The normalized spacial score (nSPS) is 22.9. The highest BCUT2D eigenvalue weighted by Gasteiger charge is 2.21. The molecule has 1 amide bonds. The lowest BCUT2D eigenvalue weighted by molar-refractivity contribution is 0.0827. The second-order valence-electron chi connectivity index (χ2n) is 5.64. The van der Waals surface area contributed by atoms with Gasteiger partial charge in [-0.05, 0) is 30.9 Å². The number of anilines is 1. The summed E-state index contributed by atoms with van der Waals surface area (Å²) < 4.78 is 0. The Morgan fingerprint density at radius 1 is 1.32 bits per heavy atom. The van der Waals surface area contributed by atoms with Crippen molar-refractivity contribution in [2.75, 3.05) is 19.4 Å². The van der Waals surface area contributed by atoms with Crippen LogP contribution < -0.4 is 5.32 Å². The molecule has 0 saturated heterocycles. The lowest BCUT2D eigenvalue weighted by atomic mass is 9.86. The molecule has 1 saturated carbocycles. The number of aromatic nitrogens is 1. The average molecular weight is 261 g/mol. The smallest absolute Gasteiger partial charge is 0.254 e. The summed E-state index contributed by atoms with van der Waals surface area (Å²) in [5.74, 6) is 1.55. The quantitative estimate of drug-likeness (QED) is 0.910. The third-order valence-corrected chi connectivity index (χ3v) is 3.86. The van der Waals surface area contributed by atoms with Gasteiger partial charge in [0.15, 0.2) is 0 Å². The van der Waals surface area contributed by atoms with E-state index in [9.17, 15) is 4.79 Å². The number of carbonyl (C=O) groups is 1. The summed E-state index contributed by atoms with van der Waals surface area (Å²) in [5, 5.41) is 3.49. The number of nitrogens with one attached hydrogen (secondary N) is 1. The van der Waals surface area contributed by atoms with Gasteiger partial charge in [-0.25, -0.2) is 4.98 Å². The van der Waals surface area contributed by atoms with Gasteiger partial charge in [0.2, 0.25) is 0 Å². The van der Waals surface area contributed by atoms with Gasteiger partial charge in [-0.3, -0.25) is 4.79 Å². The first-order valence-corrected chi connectivity index (χ1v) is 7.02. The van der Waals surface area contributed by atoms with Crippen molar-refractivity contribution in [2.45, 2.75) is 38.6 Å². The maximum absolute atomic E-state index is 11.8.